The molecule has 3 aromatic rings. The highest BCUT2D eigenvalue weighted by atomic mass is 127. The first kappa shape index (κ1) is 18.2. The van der Waals surface area contributed by atoms with Crippen molar-refractivity contribution >= 4 is 34.4 Å². The van der Waals surface area contributed by atoms with Crippen molar-refractivity contribution in [3.05, 3.63) is 87.8 Å². The maximum absolute atomic E-state index is 12.4. The number of carbonyl (C=O) groups excluding carboxylic acids is 2. The van der Waals surface area contributed by atoms with Crippen molar-refractivity contribution in [3.8, 4) is 5.69 Å². The van der Waals surface area contributed by atoms with Gasteiger partial charge in [0.1, 0.15) is 5.69 Å². The van der Waals surface area contributed by atoms with Crippen LogP contribution in [0.4, 0.5) is 0 Å². The molecule has 1 heterocycles. The predicted molar refractivity (Wildman–Crippen MR) is 109 cm³/mol. The number of nitrogens with one attached hydrogen (secondary N) is 2. The molecule has 0 saturated carbocycles. The summed E-state index contributed by atoms with van der Waals surface area (Å²) in [7, 11) is 0. The number of benzene rings is 2. The van der Waals surface area contributed by atoms with Crippen LogP contribution >= 0.6 is 22.6 Å². The van der Waals surface area contributed by atoms with Gasteiger partial charge in [0.05, 0.1) is 6.54 Å². The number of hydrogen-bond acceptors (Lipinski definition) is 2. The Bertz CT molecular complexity index is 906. The first-order chi connectivity index (χ1) is 12.6. The number of halogens is 1. The molecule has 0 aliphatic heterocycles. The van der Waals surface area contributed by atoms with E-state index in [0.717, 1.165) is 14.8 Å². The zero-order chi connectivity index (χ0) is 18.4. The Morgan fingerprint density at radius 3 is 2.50 bits per heavy atom. The summed E-state index contributed by atoms with van der Waals surface area (Å²) in [6.07, 6.45) is 1.83. The van der Waals surface area contributed by atoms with E-state index in [2.05, 4.69) is 33.2 Å². The number of rotatable bonds is 6. The fourth-order valence-corrected chi connectivity index (χ4v) is 3.05. The van der Waals surface area contributed by atoms with Crippen molar-refractivity contribution in [1.29, 1.82) is 0 Å². The van der Waals surface area contributed by atoms with Crippen LogP contribution in [0.2, 0.25) is 0 Å². The molecule has 6 heteroatoms. The van der Waals surface area contributed by atoms with Crippen LogP contribution in [0.5, 0.6) is 0 Å². The van der Waals surface area contributed by atoms with Crippen LogP contribution in [-0.2, 0) is 11.3 Å². The maximum Gasteiger partial charge on any atom is 0.268 e. The predicted octanol–water partition coefficient (Wildman–Crippen LogP) is 3.13. The van der Waals surface area contributed by atoms with Crippen LogP contribution in [0.25, 0.3) is 5.69 Å². The Morgan fingerprint density at radius 2 is 1.73 bits per heavy atom. The van der Waals surface area contributed by atoms with Crippen LogP contribution in [0.3, 0.4) is 0 Å². The lowest BCUT2D eigenvalue weighted by atomic mass is 10.2. The summed E-state index contributed by atoms with van der Waals surface area (Å²) < 4.78 is 2.89. The lowest BCUT2D eigenvalue weighted by Crippen LogP contribution is -2.37. The van der Waals surface area contributed by atoms with Crippen LogP contribution in [0.15, 0.2) is 72.9 Å². The van der Waals surface area contributed by atoms with Crippen molar-refractivity contribution in [2.45, 2.75) is 6.54 Å². The highest BCUT2D eigenvalue weighted by molar-refractivity contribution is 14.1. The molecule has 2 aromatic carbocycles. The van der Waals surface area contributed by atoms with E-state index in [4.69, 9.17) is 0 Å². The summed E-state index contributed by atoms with van der Waals surface area (Å²) in [6, 6.07) is 21.0. The molecule has 0 radical (unpaired) electrons. The average Bonchev–Trinajstić information content (AvgIpc) is 3.15. The van der Waals surface area contributed by atoms with Gasteiger partial charge in [0.15, 0.2) is 0 Å². The van der Waals surface area contributed by atoms with E-state index >= 15 is 0 Å². The summed E-state index contributed by atoms with van der Waals surface area (Å²) >= 11 is 2.23. The van der Waals surface area contributed by atoms with Crippen LogP contribution in [-0.4, -0.2) is 22.9 Å². The Morgan fingerprint density at radius 1 is 0.923 bits per heavy atom. The van der Waals surface area contributed by atoms with Crippen LogP contribution < -0.4 is 10.6 Å². The second kappa shape index (κ2) is 8.66. The highest BCUT2D eigenvalue weighted by Crippen LogP contribution is 2.15. The maximum atomic E-state index is 12.4. The topological polar surface area (TPSA) is 63.1 Å². The summed E-state index contributed by atoms with van der Waals surface area (Å²) in [5, 5.41) is 5.46. The van der Waals surface area contributed by atoms with Gasteiger partial charge in [-0.1, -0.05) is 36.4 Å². The monoisotopic (exact) mass is 459 g/mol. The Balaban J connectivity index is 1.57. The number of hydrogen-bond donors (Lipinski definition) is 2. The first-order valence-corrected chi connectivity index (χ1v) is 9.23. The minimum absolute atomic E-state index is 0.0663. The molecule has 0 unspecified atom stereocenters. The van der Waals surface area contributed by atoms with Crippen molar-refractivity contribution in [3.63, 3.8) is 0 Å². The lowest BCUT2D eigenvalue weighted by Gasteiger charge is -2.10. The van der Waals surface area contributed by atoms with E-state index in [1.54, 1.807) is 10.6 Å². The second-order valence-corrected chi connectivity index (χ2v) is 6.93. The van der Waals surface area contributed by atoms with Crippen molar-refractivity contribution < 1.29 is 9.59 Å². The van der Waals surface area contributed by atoms with Gasteiger partial charge < -0.3 is 15.2 Å². The quantitative estimate of drug-likeness (QED) is 0.557. The van der Waals surface area contributed by atoms with Gasteiger partial charge in [-0.2, -0.15) is 0 Å². The minimum atomic E-state index is -0.288. The van der Waals surface area contributed by atoms with Crippen LogP contribution in [0, 0.1) is 3.57 Å². The zero-order valence-electron chi connectivity index (χ0n) is 14.0. The summed E-state index contributed by atoms with van der Waals surface area (Å²) in [6.45, 7) is 0.373. The van der Waals surface area contributed by atoms with E-state index in [1.165, 1.54) is 0 Å². The number of nitrogens with zero attached hydrogens (tertiary/aromatic N) is 1. The van der Waals surface area contributed by atoms with Gasteiger partial charge in [0, 0.05) is 22.0 Å². The molecule has 0 spiro atoms. The van der Waals surface area contributed by atoms with Gasteiger partial charge in [0.2, 0.25) is 5.91 Å². The Hall–Kier alpha value is -2.61. The molecule has 132 valence electrons. The SMILES string of the molecule is O=C(CNC(=O)c1cccn1-c1cccc(I)c1)NCc1ccccc1. The van der Waals surface area contributed by atoms with E-state index in [0.29, 0.717) is 12.2 Å². The Kier molecular flexibility index (Phi) is 6.06. The summed E-state index contributed by atoms with van der Waals surface area (Å²) in [5.41, 5.74) is 2.41. The molecule has 26 heavy (non-hydrogen) atoms. The summed E-state index contributed by atoms with van der Waals surface area (Å²) in [5.74, 6) is -0.515. The molecule has 5 nitrogen and oxygen atoms in total. The number of aromatic nitrogens is 1. The van der Waals surface area contributed by atoms with E-state index in [-0.39, 0.29) is 18.4 Å². The largest absolute Gasteiger partial charge is 0.350 e. The molecule has 0 bridgehead atoms. The molecule has 0 atom stereocenters. The summed E-state index contributed by atoms with van der Waals surface area (Å²) in [4.78, 5) is 24.4. The van der Waals surface area contributed by atoms with Gasteiger partial charge in [-0.25, -0.2) is 0 Å². The molecular weight excluding hydrogens is 441 g/mol. The Labute approximate surface area is 165 Å². The van der Waals surface area contributed by atoms with Gasteiger partial charge in [-0.15, -0.1) is 0 Å². The normalized spacial score (nSPS) is 10.3. The van der Waals surface area contributed by atoms with Gasteiger partial charge in [-0.05, 0) is 58.5 Å². The van der Waals surface area contributed by atoms with Crippen LogP contribution in [0.1, 0.15) is 16.1 Å². The highest BCUT2D eigenvalue weighted by Gasteiger charge is 2.13. The number of amides is 2. The third-order valence-electron chi connectivity index (χ3n) is 3.81. The average molecular weight is 459 g/mol. The van der Waals surface area contributed by atoms with Crippen molar-refractivity contribution in [1.82, 2.24) is 15.2 Å². The zero-order valence-corrected chi connectivity index (χ0v) is 16.1. The first-order valence-electron chi connectivity index (χ1n) is 8.15. The second-order valence-electron chi connectivity index (χ2n) is 5.69. The molecule has 0 saturated heterocycles. The number of carbonyl (C=O) groups is 2. The van der Waals surface area contributed by atoms with E-state index < -0.39 is 0 Å². The smallest absolute Gasteiger partial charge is 0.268 e. The standard InChI is InChI=1S/C20H18IN3O2/c21-16-8-4-9-17(12-16)24-11-5-10-18(24)20(26)23-14-19(25)22-13-15-6-2-1-3-7-15/h1-12H,13-14H2,(H,22,25)(H,23,26). The molecule has 2 N–H and O–H groups in total. The van der Waals surface area contributed by atoms with E-state index in [9.17, 15) is 9.59 Å². The third kappa shape index (κ3) is 4.72. The van der Waals surface area contributed by atoms with Crippen molar-refractivity contribution in [2.75, 3.05) is 6.54 Å². The molecule has 0 aliphatic carbocycles. The van der Waals surface area contributed by atoms with Gasteiger partial charge in [0.25, 0.3) is 5.91 Å². The molecule has 2 amide bonds. The lowest BCUT2D eigenvalue weighted by molar-refractivity contribution is -0.120. The molecule has 0 fully saturated rings. The van der Waals surface area contributed by atoms with Crippen molar-refractivity contribution in [2.24, 2.45) is 0 Å². The molecule has 0 aliphatic rings. The third-order valence-corrected chi connectivity index (χ3v) is 4.48. The minimum Gasteiger partial charge on any atom is -0.350 e. The van der Waals surface area contributed by atoms with Gasteiger partial charge in [-0.3, -0.25) is 9.59 Å². The fraction of sp³-hybridized carbons (Fsp3) is 0.100. The van der Waals surface area contributed by atoms with E-state index in [1.807, 2.05) is 66.9 Å². The molecule has 1 aromatic heterocycles. The fourth-order valence-electron chi connectivity index (χ4n) is 2.53. The van der Waals surface area contributed by atoms with Gasteiger partial charge >= 0.3 is 0 Å². The molecule has 3 rings (SSSR count). The molecular formula is C20H18IN3O2.